The summed E-state index contributed by atoms with van der Waals surface area (Å²) in [5.74, 6) is 0. The highest BCUT2D eigenvalue weighted by Gasteiger charge is 2.18. The molecule has 0 bridgehead atoms. The number of nitrogens with zero attached hydrogens (tertiary/aromatic N) is 2. The van der Waals surface area contributed by atoms with Crippen LogP contribution in [0.3, 0.4) is 0 Å². The van der Waals surface area contributed by atoms with Gasteiger partial charge in [-0.25, -0.2) is 9.78 Å². The molecule has 2 aromatic rings. The highest BCUT2D eigenvalue weighted by atomic mass is 32.1. The van der Waals surface area contributed by atoms with Crippen LogP contribution in [0.5, 0.6) is 0 Å². The van der Waals surface area contributed by atoms with Crippen molar-refractivity contribution < 1.29 is 4.79 Å². The second-order valence-electron chi connectivity index (χ2n) is 7.31. The van der Waals surface area contributed by atoms with Crippen LogP contribution in [-0.2, 0) is 19.5 Å². The highest BCUT2D eigenvalue weighted by Crippen LogP contribution is 2.22. The number of anilines is 1. The molecule has 0 atom stereocenters. The zero-order chi connectivity index (χ0) is 17.8. The minimum Gasteiger partial charge on any atom is -0.335 e. The monoisotopic (exact) mass is 370 g/mol. The van der Waals surface area contributed by atoms with Gasteiger partial charge in [-0.3, -0.25) is 10.2 Å². The van der Waals surface area contributed by atoms with E-state index in [4.69, 9.17) is 0 Å². The van der Waals surface area contributed by atoms with Gasteiger partial charge >= 0.3 is 6.03 Å². The highest BCUT2D eigenvalue weighted by molar-refractivity contribution is 7.13. The number of hydrogen-bond acceptors (Lipinski definition) is 4. The van der Waals surface area contributed by atoms with Gasteiger partial charge in [-0.05, 0) is 30.4 Å². The van der Waals surface area contributed by atoms with Crippen molar-refractivity contribution in [2.45, 2.75) is 57.7 Å². The lowest BCUT2D eigenvalue weighted by Crippen LogP contribution is -2.39. The summed E-state index contributed by atoms with van der Waals surface area (Å²) in [5, 5.41) is 8.71. The Bertz CT molecular complexity index is 754. The quantitative estimate of drug-likeness (QED) is 0.850. The maximum atomic E-state index is 12.2. The Morgan fingerprint density at radius 1 is 1.19 bits per heavy atom. The van der Waals surface area contributed by atoms with Crippen LogP contribution in [0.2, 0.25) is 0 Å². The Hall–Kier alpha value is -1.92. The van der Waals surface area contributed by atoms with Crippen molar-refractivity contribution >= 4 is 22.5 Å². The molecule has 2 N–H and O–H groups in total. The Morgan fingerprint density at radius 2 is 2.00 bits per heavy atom. The first kappa shape index (κ1) is 17.5. The molecule has 1 aliphatic carbocycles. The molecular formula is C20H26N4OS. The van der Waals surface area contributed by atoms with Crippen LogP contribution >= 0.6 is 11.3 Å². The van der Waals surface area contributed by atoms with Crippen molar-refractivity contribution in [1.29, 1.82) is 0 Å². The summed E-state index contributed by atoms with van der Waals surface area (Å²) < 4.78 is 0. The lowest BCUT2D eigenvalue weighted by atomic mass is 9.96. The van der Waals surface area contributed by atoms with Gasteiger partial charge in [0.25, 0.3) is 0 Å². The normalized spacial score (nSPS) is 18.3. The van der Waals surface area contributed by atoms with Crippen LogP contribution in [0.15, 0.2) is 29.6 Å². The average molecular weight is 371 g/mol. The third-order valence-electron chi connectivity index (χ3n) is 5.31. The number of thiazole rings is 1. The SMILES string of the molecule is O=C(Nc1nc(CN2CCc3ccccc3C2)cs1)NC1CCCCC1. The van der Waals surface area contributed by atoms with Crippen molar-refractivity contribution in [3.8, 4) is 0 Å². The first-order valence-electron chi connectivity index (χ1n) is 9.57. The van der Waals surface area contributed by atoms with E-state index < -0.39 is 0 Å². The molecule has 2 aliphatic rings. The van der Waals surface area contributed by atoms with Gasteiger partial charge in [0, 0.05) is 31.1 Å². The minimum absolute atomic E-state index is 0.121. The molecule has 1 fully saturated rings. The van der Waals surface area contributed by atoms with E-state index in [1.807, 2.05) is 0 Å². The maximum Gasteiger partial charge on any atom is 0.321 e. The molecule has 6 heteroatoms. The molecular weight excluding hydrogens is 344 g/mol. The lowest BCUT2D eigenvalue weighted by Gasteiger charge is -2.27. The second kappa shape index (κ2) is 8.18. The number of hydrogen-bond donors (Lipinski definition) is 2. The van der Waals surface area contributed by atoms with E-state index in [0.717, 1.165) is 44.6 Å². The molecule has 5 nitrogen and oxygen atoms in total. The molecule has 2 heterocycles. The first-order chi connectivity index (χ1) is 12.8. The van der Waals surface area contributed by atoms with Gasteiger partial charge in [0.05, 0.1) is 5.69 Å². The second-order valence-corrected chi connectivity index (χ2v) is 8.16. The fourth-order valence-electron chi connectivity index (χ4n) is 3.92. The standard InChI is InChI=1S/C20H26N4OS/c25-19(21-17-8-2-1-3-9-17)23-20-22-18(14-26-20)13-24-11-10-15-6-4-5-7-16(15)12-24/h4-7,14,17H,1-3,8-13H2,(H2,21,22,23,25). The van der Waals surface area contributed by atoms with Crippen molar-refractivity contribution in [3.63, 3.8) is 0 Å². The molecule has 1 aliphatic heterocycles. The summed E-state index contributed by atoms with van der Waals surface area (Å²) in [5.41, 5.74) is 3.91. The summed E-state index contributed by atoms with van der Waals surface area (Å²) in [6.45, 7) is 2.86. The van der Waals surface area contributed by atoms with E-state index >= 15 is 0 Å². The third-order valence-corrected chi connectivity index (χ3v) is 6.11. The van der Waals surface area contributed by atoms with E-state index in [1.165, 1.54) is 41.7 Å². The van der Waals surface area contributed by atoms with Gasteiger partial charge in [-0.15, -0.1) is 11.3 Å². The Kier molecular flexibility index (Phi) is 5.51. The zero-order valence-electron chi connectivity index (χ0n) is 15.0. The summed E-state index contributed by atoms with van der Waals surface area (Å²) >= 11 is 1.50. The molecule has 26 heavy (non-hydrogen) atoms. The lowest BCUT2D eigenvalue weighted by molar-refractivity contribution is 0.242. The molecule has 0 saturated heterocycles. The number of carbonyl (C=O) groups is 1. The van der Waals surface area contributed by atoms with Crippen LogP contribution in [0.4, 0.5) is 9.93 Å². The van der Waals surface area contributed by atoms with Gasteiger partial charge < -0.3 is 5.32 Å². The smallest absolute Gasteiger partial charge is 0.321 e. The largest absolute Gasteiger partial charge is 0.335 e. The van der Waals surface area contributed by atoms with E-state index in [1.54, 1.807) is 0 Å². The maximum absolute atomic E-state index is 12.2. The zero-order valence-corrected chi connectivity index (χ0v) is 15.9. The Morgan fingerprint density at radius 3 is 2.85 bits per heavy atom. The number of nitrogens with one attached hydrogen (secondary N) is 2. The molecule has 0 spiro atoms. The van der Waals surface area contributed by atoms with Gasteiger partial charge in [0.15, 0.2) is 5.13 Å². The average Bonchev–Trinajstić information content (AvgIpc) is 3.09. The van der Waals surface area contributed by atoms with E-state index in [-0.39, 0.29) is 6.03 Å². The van der Waals surface area contributed by atoms with Crippen molar-refractivity contribution in [2.24, 2.45) is 0 Å². The molecule has 1 aromatic carbocycles. The molecule has 2 amide bonds. The minimum atomic E-state index is -0.121. The van der Waals surface area contributed by atoms with E-state index in [2.05, 4.69) is 50.2 Å². The number of carbonyl (C=O) groups excluding carboxylic acids is 1. The third kappa shape index (κ3) is 4.43. The number of amides is 2. The first-order valence-corrected chi connectivity index (χ1v) is 10.5. The number of urea groups is 1. The molecule has 138 valence electrons. The van der Waals surface area contributed by atoms with Crippen LogP contribution in [0.1, 0.15) is 48.9 Å². The fraction of sp³-hybridized carbons (Fsp3) is 0.500. The van der Waals surface area contributed by atoms with Crippen LogP contribution in [0, 0.1) is 0 Å². The van der Waals surface area contributed by atoms with Crippen LogP contribution in [0.25, 0.3) is 0 Å². The van der Waals surface area contributed by atoms with Crippen LogP contribution < -0.4 is 10.6 Å². The van der Waals surface area contributed by atoms with Gasteiger partial charge in [-0.1, -0.05) is 43.5 Å². The van der Waals surface area contributed by atoms with Crippen molar-refractivity contribution in [2.75, 3.05) is 11.9 Å². The predicted octanol–water partition coefficient (Wildman–Crippen LogP) is 4.16. The number of rotatable bonds is 4. The number of benzene rings is 1. The molecule has 0 unspecified atom stereocenters. The van der Waals surface area contributed by atoms with Crippen molar-refractivity contribution in [3.05, 3.63) is 46.5 Å². The number of aromatic nitrogens is 1. The molecule has 1 aromatic heterocycles. The van der Waals surface area contributed by atoms with Gasteiger partial charge in [0.2, 0.25) is 0 Å². The topological polar surface area (TPSA) is 57.3 Å². The van der Waals surface area contributed by atoms with E-state index in [0.29, 0.717) is 11.2 Å². The Balaban J connectivity index is 1.29. The molecule has 1 saturated carbocycles. The fourth-order valence-corrected chi connectivity index (χ4v) is 4.62. The molecule has 0 radical (unpaired) electrons. The predicted molar refractivity (Wildman–Crippen MR) is 105 cm³/mol. The number of fused-ring (bicyclic) bond motifs is 1. The molecule has 4 rings (SSSR count). The summed E-state index contributed by atoms with van der Waals surface area (Å²) in [6.07, 6.45) is 6.99. The summed E-state index contributed by atoms with van der Waals surface area (Å²) in [4.78, 5) is 19.2. The van der Waals surface area contributed by atoms with E-state index in [9.17, 15) is 4.79 Å². The van der Waals surface area contributed by atoms with Crippen molar-refractivity contribution in [1.82, 2.24) is 15.2 Å². The summed E-state index contributed by atoms with van der Waals surface area (Å²) in [7, 11) is 0. The van der Waals surface area contributed by atoms with Gasteiger partial charge in [-0.2, -0.15) is 0 Å². The van der Waals surface area contributed by atoms with Crippen LogP contribution in [-0.4, -0.2) is 28.5 Å². The summed E-state index contributed by atoms with van der Waals surface area (Å²) in [6, 6.07) is 8.86. The Labute approximate surface area is 158 Å². The van der Waals surface area contributed by atoms with Gasteiger partial charge in [0.1, 0.15) is 0 Å².